The number of carbonyl (C=O) groups is 2. The first-order valence-corrected chi connectivity index (χ1v) is 11.9. The maximum Gasteiger partial charge on any atom is 0.261 e. The van der Waals surface area contributed by atoms with Gasteiger partial charge in [0.1, 0.15) is 6.04 Å². The quantitative estimate of drug-likeness (QED) is 0.421. The number of halogens is 1. The minimum atomic E-state index is -0.760. The average molecular weight is 477 g/mol. The van der Waals surface area contributed by atoms with E-state index in [0.29, 0.717) is 6.42 Å². The minimum absolute atomic E-state index is 0.000183. The van der Waals surface area contributed by atoms with Crippen LogP contribution in [0.1, 0.15) is 37.0 Å². The summed E-state index contributed by atoms with van der Waals surface area (Å²) in [5, 5.41) is 3.03. The number of benzene rings is 3. The molecular formula is C29H33FN2O3. The average Bonchev–Trinajstić information content (AvgIpc) is 2.87. The Hall–Kier alpha value is -3.67. The molecule has 0 aliphatic carbocycles. The summed E-state index contributed by atoms with van der Waals surface area (Å²) in [5.74, 6) is -1.16. The second-order valence-electron chi connectivity index (χ2n) is 8.75. The molecule has 1 N–H and O–H groups in total. The van der Waals surface area contributed by atoms with E-state index in [9.17, 15) is 14.0 Å². The number of hydrogen-bond donors (Lipinski definition) is 1. The Balaban J connectivity index is 1.91. The molecule has 0 saturated carbocycles. The van der Waals surface area contributed by atoms with E-state index in [2.05, 4.69) is 5.32 Å². The number of nitrogens with one attached hydrogen (secondary N) is 1. The molecule has 0 spiro atoms. The van der Waals surface area contributed by atoms with Gasteiger partial charge in [0.15, 0.2) is 18.2 Å². The Morgan fingerprint density at radius 1 is 0.943 bits per heavy atom. The van der Waals surface area contributed by atoms with Crippen LogP contribution < -0.4 is 10.1 Å². The van der Waals surface area contributed by atoms with Crippen molar-refractivity contribution in [1.82, 2.24) is 10.2 Å². The molecule has 3 rings (SSSR count). The van der Waals surface area contributed by atoms with Crippen LogP contribution in [0.25, 0.3) is 0 Å². The summed E-state index contributed by atoms with van der Waals surface area (Å²) in [5.41, 5.74) is 2.93. The van der Waals surface area contributed by atoms with Gasteiger partial charge in [-0.05, 0) is 43.5 Å². The van der Waals surface area contributed by atoms with Crippen molar-refractivity contribution >= 4 is 11.8 Å². The lowest BCUT2D eigenvalue weighted by molar-refractivity contribution is -0.143. The Morgan fingerprint density at radius 3 is 2.26 bits per heavy atom. The fraction of sp³-hybridized carbons (Fsp3) is 0.310. The number of carbonyl (C=O) groups excluding carboxylic acids is 2. The smallest absolute Gasteiger partial charge is 0.261 e. The molecule has 0 aliphatic rings. The molecule has 2 unspecified atom stereocenters. The highest BCUT2D eigenvalue weighted by Gasteiger charge is 2.31. The third-order valence-corrected chi connectivity index (χ3v) is 5.93. The van der Waals surface area contributed by atoms with Crippen LogP contribution in [0, 0.1) is 12.7 Å². The van der Waals surface area contributed by atoms with Gasteiger partial charge in [-0.15, -0.1) is 0 Å². The summed E-state index contributed by atoms with van der Waals surface area (Å²) < 4.78 is 19.6. The van der Waals surface area contributed by atoms with Crippen LogP contribution >= 0.6 is 0 Å². The molecule has 0 saturated heterocycles. The monoisotopic (exact) mass is 476 g/mol. The molecule has 0 fully saturated rings. The van der Waals surface area contributed by atoms with Crippen molar-refractivity contribution in [2.24, 2.45) is 0 Å². The third-order valence-electron chi connectivity index (χ3n) is 5.93. The normalized spacial score (nSPS) is 12.5. The molecule has 3 aromatic rings. The lowest BCUT2D eigenvalue weighted by atomic mass is 10.0. The van der Waals surface area contributed by atoms with Crippen molar-refractivity contribution in [2.45, 2.75) is 52.2 Å². The van der Waals surface area contributed by atoms with Crippen LogP contribution in [0.15, 0.2) is 78.9 Å². The van der Waals surface area contributed by atoms with Gasteiger partial charge < -0.3 is 15.0 Å². The third kappa shape index (κ3) is 7.67. The number of aryl methyl sites for hydroxylation is 1. The predicted molar refractivity (Wildman–Crippen MR) is 135 cm³/mol. The fourth-order valence-corrected chi connectivity index (χ4v) is 3.67. The number of para-hydroxylation sites is 1. The minimum Gasteiger partial charge on any atom is -0.481 e. The number of rotatable bonds is 11. The Bertz CT molecular complexity index is 1100. The van der Waals surface area contributed by atoms with E-state index >= 15 is 0 Å². The van der Waals surface area contributed by atoms with Gasteiger partial charge in [-0.1, -0.05) is 79.2 Å². The van der Waals surface area contributed by atoms with Crippen molar-refractivity contribution in [3.8, 4) is 5.75 Å². The molecule has 5 nitrogen and oxygen atoms in total. The van der Waals surface area contributed by atoms with E-state index in [1.54, 1.807) is 12.1 Å². The summed E-state index contributed by atoms with van der Waals surface area (Å²) in [6.45, 7) is 5.77. The Kier molecular flexibility index (Phi) is 9.41. The highest BCUT2D eigenvalue weighted by molar-refractivity contribution is 5.88. The summed E-state index contributed by atoms with van der Waals surface area (Å²) in [6, 6.07) is 22.6. The van der Waals surface area contributed by atoms with Crippen LogP contribution in [0.3, 0.4) is 0 Å². The molecule has 6 heteroatoms. The second kappa shape index (κ2) is 12.7. The zero-order chi connectivity index (χ0) is 25.2. The van der Waals surface area contributed by atoms with E-state index in [0.717, 1.165) is 23.1 Å². The van der Waals surface area contributed by atoms with Gasteiger partial charge in [-0.3, -0.25) is 9.59 Å². The van der Waals surface area contributed by atoms with E-state index in [1.807, 2.05) is 75.4 Å². The first-order chi connectivity index (χ1) is 16.9. The molecule has 3 aromatic carbocycles. The molecule has 0 aromatic heterocycles. The maximum atomic E-state index is 14.1. The van der Waals surface area contributed by atoms with Crippen LogP contribution in [0.4, 0.5) is 4.39 Å². The lowest BCUT2D eigenvalue weighted by Gasteiger charge is -2.32. The summed E-state index contributed by atoms with van der Waals surface area (Å²) in [6.07, 6.45) is 1.12. The Morgan fingerprint density at radius 2 is 1.60 bits per heavy atom. The molecule has 184 valence electrons. The number of hydrogen-bond acceptors (Lipinski definition) is 3. The SMILES string of the molecule is CCC(C)NC(=O)C(Cc1ccccc1)N(Cc1ccc(C)cc1)C(=O)COc1ccccc1F. The Labute approximate surface area is 206 Å². The van der Waals surface area contributed by atoms with Gasteiger partial charge in [-0.25, -0.2) is 4.39 Å². The zero-order valence-electron chi connectivity index (χ0n) is 20.5. The molecule has 2 amide bonds. The van der Waals surface area contributed by atoms with Gasteiger partial charge in [0.05, 0.1) is 0 Å². The van der Waals surface area contributed by atoms with Crippen LogP contribution in [-0.2, 0) is 22.6 Å². The first-order valence-electron chi connectivity index (χ1n) is 11.9. The molecule has 2 atom stereocenters. The molecule has 0 bridgehead atoms. The van der Waals surface area contributed by atoms with Gasteiger partial charge in [0.2, 0.25) is 5.91 Å². The topological polar surface area (TPSA) is 58.6 Å². The molecule has 0 heterocycles. The van der Waals surface area contributed by atoms with Crippen molar-refractivity contribution in [3.05, 3.63) is 101 Å². The van der Waals surface area contributed by atoms with Gasteiger partial charge in [0, 0.05) is 19.0 Å². The van der Waals surface area contributed by atoms with Gasteiger partial charge in [0.25, 0.3) is 5.91 Å². The second-order valence-corrected chi connectivity index (χ2v) is 8.75. The van der Waals surface area contributed by atoms with E-state index in [1.165, 1.54) is 17.0 Å². The molecule has 35 heavy (non-hydrogen) atoms. The highest BCUT2D eigenvalue weighted by atomic mass is 19.1. The zero-order valence-corrected chi connectivity index (χ0v) is 20.5. The van der Waals surface area contributed by atoms with Gasteiger partial charge >= 0.3 is 0 Å². The molecular weight excluding hydrogens is 443 g/mol. The van der Waals surface area contributed by atoms with Crippen LogP contribution in [0.5, 0.6) is 5.75 Å². The number of ether oxygens (including phenoxy) is 1. The van der Waals surface area contributed by atoms with Gasteiger partial charge in [-0.2, -0.15) is 0 Å². The fourth-order valence-electron chi connectivity index (χ4n) is 3.67. The maximum absolute atomic E-state index is 14.1. The number of nitrogens with zero attached hydrogens (tertiary/aromatic N) is 1. The largest absolute Gasteiger partial charge is 0.481 e. The van der Waals surface area contributed by atoms with Crippen molar-refractivity contribution < 1.29 is 18.7 Å². The number of amides is 2. The standard InChI is InChI=1S/C29H33FN2O3/c1-4-22(3)31-29(34)26(18-23-10-6-5-7-11-23)32(19-24-16-14-21(2)15-17-24)28(33)20-35-27-13-9-8-12-25(27)30/h5-17,22,26H,4,18-20H2,1-3H3,(H,31,34). The lowest BCUT2D eigenvalue weighted by Crippen LogP contribution is -2.53. The van der Waals surface area contributed by atoms with Crippen LogP contribution in [-0.4, -0.2) is 35.4 Å². The summed E-state index contributed by atoms with van der Waals surface area (Å²) in [4.78, 5) is 28.5. The van der Waals surface area contributed by atoms with E-state index in [-0.39, 0.29) is 30.9 Å². The summed E-state index contributed by atoms with van der Waals surface area (Å²) >= 11 is 0. The molecule has 0 aliphatic heterocycles. The first kappa shape index (κ1) is 25.9. The highest BCUT2D eigenvalue weighted by Crippen LogP contribution is 2.18. The predicted octanol–water partition coefficient (Wildman–Crippen LogP) is 5.07. The van der Waals surface area contributed by atoms with E-state index in [4.69, 9.17) is 4.74 Å². The summed E-state index contributed by atoms with van der Waals surface area (Å²) in [7, 11) is 0. The van der Waals surface area contributed by atoms with Crippen LogP contribution in [0.2, 0.25) is 0 Å². The molecule has 0 radical (unpaired) electrons. The van der Waals surface area contributed by atoms with E-state index < -0.39 is 17.8 Å². The van der Waals surface area contributed by atoms with Crippen molar-refractivity contribution in [1.29, 1.82) is 0 Å². The van der Waals surface area contributed by atoms with Crippen molar-refractivity contribution in [2.75, 3.05) is 6.61 Å². The van der Waals surface area contributed by atoms with Crippen molar-refractivity contribution in [3.63, 3.8) is 0 Å².